The van der Waals surface area contributed by atoms with Gasteiger partial charge in [-0.05, 0) is 0 Å². The van der Waals surface area contributed by atoms with Crippen molar-refractivity contribution in [3.05, 3.63) is 0 Å². The van der Waals surface area contributed by atoms with Crippen LogP contribution in [0.3, 0.4) is 0 Å². The molecule has 1 saturated heterocycles. The maximum atomic E-state index is 9.36. The Bertz CT molecular complexity index is 95.9. The average molecular weight is 148 g/mol. The first-order chi connectivity index (χ1) is 4.77. The SMILES string of the molecule is OCC1(O)COCCOC1. The van der Waals surface area contributed by atoms with Gasteiger partial charge in [-0.15, -0.1) is 0 Å². The molecule has 0 aromatic heterocycles. The van der Waals surface area contributed by atoms with Crippen LogP contribution in [0.15, 0.2) is 0 Å². The number of ether oxygens (including phenoxy) is 2. The van der Waals surface area contributed by atoms with E-state index in [1.54, 1.807) is 0 Å². The quantitative estimate of drug-likeness (QED) is 0.488. The molecule has 0 amide bonds. The Kier molecular flexibility index (Phi) is 2.62. The van der Waals surface area contributed by atoms with Crippen molar-refractivity contribution in [1.29, 1.82) is 0 Å². The standard InChI is InChI=1S/C6H12O4/c7-3-6(8)4-9-1-2-10-5-6/h7-8H,1-5H2. The molecule has 0 spiro atoms. The van der Waals surface area contributed by atoms with Gasteiger partial charge >= 0.3 is 0 Å². The maximum absolute atomic E-state index is 9.36. The summed E-state index contributed by atoms with van der Waals surface area (Å²) >= 11 is 0. The van der Waals surface area contributed by atoms with Gasteiger partial charge in [0.25, 0.3) is 0 Å². The van der Waals surface area contributed by atoms with Crippen LogP contribution in [-0.4, -0.2) is 48.8 Å². The van der Waals surface area contributed by atoms with Gasteiger partial charge in [0.05, 0.1) is 33.0 Å². The van der Waals surface area contributed by atoms with Gasteiger partial charge in [0.15, 0.2) is 0 Å². The van der Waals surface area contributed by atoms with Crippen LogP contribution >= 0.6 is 0 Å². The van der Waals surface area contributed by atoms with E-state index in [1.807, 2.05) is 0 Å². The summed E-state index contributed by atoms with van der Waals surface area (Å²) in [7, 11) is 0. The number of aliphatic hydroxyl groups is 2. The molecular formula is C6H12O4. The zero-order valence-electron chi connectivity index (χ0n) is 5.75. The third-order valence-electron chi connectivity index (χ3n) is 1.41. The molecule has 0 atom stereocenters. The molecule has 0 saturated carbocycles. The van der Waals surface area contributed by atoms with Crippen LogP contribution in [0.5, 0.6) is 0 Å². The van der Waals surface area contributed by atoms with Gasteiger partial charge in [-0.25, -0.2) is 0 Å². The predicted molar refractivity (Wildman–Crippen MR) is 33.7 cm³/mol. The van der Waals surface area contributed by atoms with E-state index >= 15 is 0 Å². The minimum absolute atomic E-state index is 0.156. The van der Waals surface area contributed by atoms with Crippen molar-refractivity contribution in [1.82, 2.24) is 0 Å². The van der Waals surface area contributed by atoms with Gasteiger partial charge in [0.2, 0.25) is 0 Å². The normalized spacial score (nSPS) is 25.8. The molecule has 10 heavy (non-hydrogen) atoms. The molecule has 1 fully saturated rings. The number of hydrogen-bond acceptors (Lipinski definition) is 4. The summed E-state index contributed by atoms with van der Waals surface area (Å²) in [5.41, 5.74) is -1.18. The van der Waals surface area contributed by atoms with E-state index in [2.05, 4.69) is 0 Å². The highest BCUT2D eigenvalue weighted by Crippen LogP contribution is 2.07. The van der Waals surface area contributed by atoms with Crippen LogP contribution in [0.1, 0.15) is 0 Å². The molecule has 4 nitrogen and oxygen atoms in total. The number of rotatable bonds is 1. The Labute approximate surface area is 59.4 Å². The smallest absolute Gasteiger partial charge is 0.134 e. The fraction of sp³-hybridized carbons (Fsp3) is 1.00. The Morgan fingerprint density at radius 2 is 1.70 bits per heavy atom. The average Bonchev–Trinajstić information content (AvgIpc) is 2.15. The van der Waals surface area contributed by atoms with E-state index in [9.17, 15) is 5.11 Å². The molecule has 0 bridgehead atoms. The van der Waals surface area contributed by atoms with Crippen molar-refractivity contribution < 1.29 is 19.7 Å². The fourth-order valence-corrected chi connectivity index (χ4v) is 0.775. The zero-order chi connectivity index (χ0) is 7.45. The van der Waals surface area contributed by atoms with E-state index in [4.69, 9.17) is 14.6 Å². The van der Waals surface area contributed by atoms with Gasteiger partial charge < -0.3 is 19.7 Å². The van der Waals surface area contributed by atoms with E-state index in [0.29, 0.717) is 13.2 Å². The van der Waals surface area contributed by atoms with E-state index < -0.39 is 5.60 Å². The lowest BCUT2D eigenvalue weighted by Gasteiger charge is -2.21. The second-order valence-electron chi connectivity index (χ2n) is 2.49. The summed E-state index contributed by atoms with van der Waals surface area (Å²) in [4.78, 5) is 0. The summed E-state index contributed by atoms with van der Waals surface area (Å²) in [6.07, 6.45) is 0. The minimum Gasteiger partial charge on any atom is -0.393 e. The molecule has 2 N–H and O–H groups in total. The third kappa shape index (κ3) is 1.91. The zero-order valence-corrected chi connectivity index (χ0v) is 5.75. The summed E-state index contributed by atoms with van der Waals surface area (Å²) < 4.78 is 9.93. The van der Waals surface area contributed by atoms with Gasteiger partial charge in [-0.1, -0.05) is 0 Å². The van der Waals surface area contributed by atoms with Gasteiger partial charge in [-0.2, -0.15) is 0 Å². The molecular weight excluding hydrogens is 136 g/mol. The van der Waals surface area contributed by atoms with Gasteiger partial charge in [-0.3, -0.25) is 0 Å². The van der Waals surface area contributed by atoms with Crippen LogP contribution < -0.4 is 0 Å². The van der Waals surface area contributed by atoms with E-state index in [-0.39, 0.29) is 19.8 Å². The summed E-state index contributed by atoms with van der Waals surface area (Å²) in [6.45, 7) is 0.977. The van der Waals surface area contributed by atoms with Crippen molar-refractivity contribution in [2.24, 2.45) is 0 Å². The van der Waals surface area contributed by atoms with Crippen molar-refractivity contribution in [3.8, 4) is 0 Å². The summed E-state index contributed by atoms with van der Waals surface area (Å²) in [5, 5.41) is 18.0. The lowest BCUT2D eigenvalue weighted by molar-refractivity contribution is -0.0865. The third-order valence-corrected chi connectivity index (χ3v) is 1.41. The Balaban J connectivity index is 2.41. The molecule has 0 unspecified atom stereocenters. The molecule has 0 aliphatic carbocycles. The number of aliphatic hydroxyl groups excluding tert-OH is 1. The summed E-state index contributed by atoms with van der Waals surface area (Å²) in [5.74, 6) is 0. The lowest BCUT2D eigenvalue weighted by Crippen LogP contribution is -2.41. The Morgan fingerprint density at radius 1 is 1.20 bits per heavy atom. The largest absolute Gasteiger partial charge is 0.393 e. The topological polar surface area (TPSA) is 58.9 Å². The van der Waals surface area contributed by atoms with Crippen molar-refractivity contribution in [2.45, 2.75) is 5.60 Å². The maximum Gasteiger partial charge on any atom is 0.134 e. The molecule has 0 aromatic carbocycles. The van der Waals surface area contributed by atoms with E-state index in [1.165, 1.54) is 0 Å². The molecule has 4 heteroatoms. The fourth-order valence-electron chi connectivity index (χ4n) is 0.775. The van der Waals surface area contributed by atoms with Crippen LogP contribution in [0.4, 0.5) is 0 Å². The Morgan fingerprint density at radius 3 is 2.10 bits per heavy atom. The van der Waals surface area contributed by atoms with Crippen LogP contribution in [0.2, 0.25) is 0 Å². The molecule has 1 aliphatic heterocycles. The monoisotopic (exact) mass is 148 g/mol. The van der Waals surface area contributed by atoms with E-state index in [0.717, 1.165) is 0 Å². The van der Waals surface area contributed by atoms with Crippen molar-refractivity contribution in [2.75, 3.05) is 33.0 Å². The van der Waals surface area contributed by atoms with Gasteiger partial charge in [0, 0.05) is 0 Å². The van der Waals surface area contributed by atoms with Crippen molar-refractivity contribution >= 4 is 0 Å². The molecule has 60 valence electrons. The highest BCUT2D eigenvalue weighted by molar-refractivity contribution is 4.77. The Hall–Kier alpha value is -0.160. The minimum atomic E-state index is -1.18. The first kappa shape index (κ1) is 7.94. The molecule has 0 aromatic rings. The van der Waals surface area contributed by atoms with Gasteiger partial charge in [0.1, 0.15) is 5.60 Å². The van der Waals surface area contributed by atoms with Crippen LogP contribution in [0, 0.1) is 0 Å². The number of hydrogen-bond donors (Lipinski definition) is 2. The van der Waals surface area contributed by atoms with Crippen LogP contribution in [-0.2, 0) is 9.47 Å². The summed E-state index contributed by atoms with van der Waals surface area (Å²) in [6, 6.07) is 0. The lowest BCUT2D eigenvalue weighted by atomic mass is 10.1. The molecule has 1 rings (SSSR count). The molecule has 1 heterocycles. The predicted octanol–water partition coefficient (Wildman–Crippen LogP) is -1.24. The second-order valence-corrected chi connectivity index (χ2v) is 2.49. The van der Waals surface area contributed by atoms with Crippen molar-refractivity contribution in [3.63, 3.8) is 0 Å². The molecule has 0 radical (unpaired) electrons. The second kappa shape index (κ2) is 3.30. The first-order valence-corrected chi connectivity index (χ1v) is 3.26. The molecule has 1 aliphatic rings. The highest BCUT2D eigenvalue weighted by atomic mass is 16.6. The highest BCUT2D eigenvalue weighted by Gasteiger charge is 2.28. The first-order valence-electron chi connectivity index (χ1n) is 3.26. The van der Waals surface area contributed by atoms with Crippen LogP contribution in [0.25, 0.3) is 0 Å².